The molecular weight excluding hydrogens is 397 g/mol. The number of nitrogens with one attached hydrogen (secondary N) is 2. The summed E-state index contributed by atoms with van der Waals surface area (Å²) in [6, 6.07) is 4.69. The molecule has 0 unspecified atom stereocenters. The first-order valence-electron chi connectivity index (χ1n) is 10.2. The van der Waals surface area contributed by atoms with Gasteiger partial charge >= 0.3 is 6.18 Å². The molecule has 30 heavy (non-hydrogen) atoms. The topological polar surface area (TPSA) is 78.1 Å². The van der Waals surface area contributed by atoms with E-state index in [1.807, 2.05) is 0 Å². The summed E-state index contributed by atoms with van der Waals surface area (Å²) in [6.45, 7) is 0.573. The second-order valence-corrected chi connectivity index (χ2v) is 7.82. The highest BCUT2D eigenvalue weighted by Gasteiger charge is 2.36. The Kier molecular flexibility index (Phi) is 5.53. The number of halogens is 3. The Morgan fingerprint density at radius 3 is 2.53 bits per heavy atom. The first-order chi connectivity index (χ1) is 14.3. The van der Waals surface area contributed by atoms with Crippen LogP contribution in [0.2, 0.25) is 0 Å². The molecule has 2 amide bonds. The van der Waals surface area contributed by atoms with Gasteiger partial charge in [-0.15, -0.1) is 0 Å². The number of carbonyl (C=O) groups excluding carboxylic acids is 2. The predicted octanol–water partition coefficient (Wildman–Crippen LogP) is 3.34. The van der Waals surface area contributed by atoms with Gasteiger partial charge in [-0.1, -0.05) is 12.1 Å². The fourth-order valence-electron chi connectivity index (χ4n) is 4.24. The van der Waals surface area contributed by atoms with Crippen molar-refractivity contribution in [3.63, 3.8) is 0 Å². The molecule has 1 aliphatic heterocycles. The van der Waals surface area contributed by atoms with Gasteiger partial charge in [-0.2, -0.15) is 18.3 Å². The number of fused-ring (bicyclic) bond motifs is 1. The molecule has 4 rings (SSSR count). The lowest BCUT2D eigenvalue weighted by molar-refractivity contribution is -0.138. The van der Waals surface area contributed by atoms with Crippen LogP contribution >= 0.6 is 0 Å². The summed E-state index contributed by atoms with van der Waals surface area (Å²) in [6.07, 6.45) is 0.236. The molecular formula is C21H23F3N4O2. The molecule has 6 nitrogen and oxygen atoms in total. The number of rotatable bonds is 3. The molecule has 0 saturated carbocycles. The summed E-state index contributed by atoms with van der Waals surface area (Å²) in [5.41, 5.74) is 1.18. The maximum atomic E-state index is 13.2. The Labute approximate surface area is 171 Å². The second kappa shape index (κ2) is 8.12. The molecule has 1 saturated heterocycles. The van der Waals surface area contributed by atoms with Crippen LogP contribution in [-0.4, -0.2) is 46.0 Å². The van der Waals surface area contributed by atoms with Crippen LogP contribution < -0.4 is 5.32 Å². The van der Waals surface area contributed by atoms with Gasteiger partial charge in [0.15, 0.2) is 5.69 Å². The quantitative estimate of drug-likeness (QED) is 0.800. The number of piperidine rings is 1. The first-order valence-corrected chi connectivity index (χ1v) is 10.2. The first kappa shape index (κ1) is 20.4. The molecule has 2 heterocycles. The molecule has 160 valence electrons. The van der Waals surface area contributed by atoms with E-state index in [0.29, 0.717) is 18.5 Å². The van der Waals surface area contributed by atoms with Crippen LogP contribution in [-0.2, 0) is 19.0 Å². The monoisotopic (exact) mass is 420 g/mol. The fourth-order valence-corrected chi connectivity index (χ4v) is 4.24. The molecule has 0 radical (unpaired) electrons. The summed E-state index contributed by atoms with van der Waals surface area (Å²) in [5, 5.41) is 10.1. The highest BCUT2D eigenvalue weighted by molar-refractivity contribution is 5.96. The van der Waals surface area contributed by atoms with Crippen LogP contribution in [0.1, 0.15) is 63.4 Å². The molecule has 1 aliphatic carbocycles. The average Bonchev–Trinajstić information content (AvgIpc) is 3.17. The van der Waals surface area contributed by atoms with Crippen LogP contribution in [0.3, 0.4) is 0 Å². The zero-order valence-corrected chi connectivity index (χ0v) is 16.4. The number of benzene rings is 1. The third-order valence-corrected chi connectivity index (χ3v) is 5.85. The largest absolute Gasteiger partial charge is 0.417 e. The number of nitrogens with zero attached hydrogens (tertiary/aromatic N) is 2. The zero-order valence-electron chi connectivity index (χ0n) is 16.4. The Morgan fingerprint density at radius 1 is 1.10 bits per heavy atom. The summed E-state index contributed by atoms with van der Waals surface area (Å²) < 4.78 is 39.6. The van der Waals surface area contributed by atoms with Crippen LogP contribution in [0, 0.1) is 0 Å². The SMILES string of the molecule is O=C(NC1CCN(C(=O)c2ccccc2C(F)(F)F)CC1)c1n[nH]c2c1CCCC2. The minimum absolute atomic E-state index is 0.143. The fraction of sp³-hybridized carbons (Fsp3) is 0.476. The number of likely N-dealkylation sites (tertiary alicyclic amines) is 1. The van der Waals surface area contributed by atoms with E-state index in [9.17, 15) is 22.8 Å². The molecule has 1 fully saturated rings. The normalized spacial score (nSPS) is 17.5. The van der Waals surface area contributed by atoms with Gasteiger partial charge in [0, 0.05) is 30.4 Å². The molecule has 0 spiro atoms. The van der Waals surface area contributed by atoms with Crippen molar-refractivity contribution >= 4 is 11.8 Å². The Balaban J connectivity index is 1.37. The second-order valence-electron chi connectivity index (χ2n) is 7.82. The van der Waals surface area contributed by atoms with Gasteiger partial charge in [-0.3, -0.25) is 14.7 Å². The summed E-state index contributed by atoms with van der Waals surface area (Å²) in [5.74, 6) is -0.865. The highest BCUT2D eigenvalue weighted by atomic mass is 19.4. The Bertz CT molecular complexity index is 946. The van der Waals surface area contributed by atoms with E-state index in [0.717, 1.165) is 43.0 Å². The van der Waals surface area contributed by atoms with Crippen LogP contribution in [0.15, 0.2) is 24.3 Å². The van der Waals surface area contributed by atoms with Gasteiger partial charge in [-0.25, -0.2) is 0 Å². The number of hydrogen-bond acceptors (Lipinski definition) is 3. The van der Waals surface area contributed by atoms with Crippen molar-refractivity contribution in [3.8, 4) is 0 Å². The van der Waals surface area contributed by atoms with Crippen molar-refractivity contribution in [2.75, 3.05) is 13.1 Å². The molecule has 2 N–H and O–H groups in total. The van der Waals surface area contributed by atoms with Crippen molar-refractivity contribution in [3.05, 3.63) is 52.3 Å². The van der Waals surface area contributed by atoms with Crippen molar-refractivity contribution in [1.82, 2.24) is 20.4 Å². The lowest BCUT2D eigenvalue weighted by Gasteiger charge is -2.33. The maximum absolute atomic E-state index is 13.2. The van der Waals surface area contributed by atoms with Gasteiger partial charge in [0.1, 0.15) is 0 Å². The van der Waals surface area contributed by atoms with Crippen LogP contribution in [0.25, 0.3) is 0 Å². The number of H-pyrrole nitrogens is 1. The predicted molar refractivity (Wildman–Crippen MR) is 103 cm³/mol. The number of amides is 2. The van der Waals surface area contributed by atoms with E-state index >= 15 is 0 Å². The zero-order chi connectivity index (χ0) is 21.3. The van der Waals surface area contributed by atoms with E-state index in [2.05, 4.69) is 15.5 Å². The number of aromatic nitrogens is 2. The molecule has 2 aliphatic rings. The van der Waals surface area contributed by atoms with Crippen LogP contribution in [0.4, 0.5) is 13.2 Å². The molecule has 1 aromatic heterocycles. The number of alkyl halides is 3. The lowest BCUT2D eigenvalue weighted by Crippen LogP contribution is -2.47. The molecule has 2 aromatic rings. The van der Waals surface area contributed by atoms with Crippen molar-refractivity contribution in [2.24, 2.45) is 0 Å². The van der Waals surface area contributed by atoms with Gasteiger partial charge in [0.25, 0.3) is 11.8 Å². The van der Waals surface area contributed by atoms with E-state index in [1.165, 1.54) is 23.1 Å². The van der Waals surface area contributed by atoms with E-state index in [1.54, 1.807) is 0 Å². The summed E-state index contributed by atoms with van der Waals surface area (Å²) >= 11 is 0. The minimum Gasteiger partial charge on any atom is -0.348 e. The third-order valence-electron chi connectivity index (χ3n) is 5.85. The number of aromatic amines is 1. The maximum Gasteiger partial charge on any atom is 0.417 e. The molecule has 0 atom stereocenters. The summed E-state index contributed by atoms with van der Waals surface area (Å²) in [4.78, 5) is 26.7. The highest BCUT2D eigenvalue weighted by Crippen LogP contribution is 2.32. The lowest BCUT2D eigenvalue weighted by atomic mass is 9.95. The van der Waals surface area contributed by atoms with E-state index < -0.39 is 17.6 Å². The number of hydrogen-bond donors (Lipinski definition) is 2. The average molecular weight is 420 g/mol. The van der Waals surface area contributed by atoms with Crippen molar-refractivity contribution in [2.45, 2.75) is 50.7 Å². The Hall–Kier alpha value is -2.84. The number of aryl methyl sites for hydroxylation is 1. The van der Waals surface area contributed by atoms with E-state index in [4.69, 9.17) is 0 Å². The number of carbonyl (C=O) groups is 2. The van der Waals surface area contributed by atoms with Crippen molar-refractivity contribution in [1.29, 1.82) is 0 Å². The molecule has 0 bridgehead atoms. The smallest absolute Gasteiger partial charge is 0.348 e. The summed E-state index contributed by atoms with van der Waals surface area (Å²) in [7, 11) is 0. The van der Waals surface area contributed by atoms with Gasteiger partial charge in [0.2, 0.25) is 0 Å². The van der Waals surface area contributed by atoms with Gasteiger partial charge < -0.3 is 10.2 Å². The third kappa shape index (κ3) is 4.06. The van der Waals surface area contributed by atoms with Crippen molar-refractivity contribution < 1.29 is 22.8 Å². The van der Waals surface area contributed by atoms with Gasteiger partial charge in [-0.05, 0) is 50.7 Å². The van der Waals surface area contributed by atoms with Gasteiger partial charge in [0.05, 0.1) is 11.1 Å². The molecule has 1 aromatic carbocycles. The van der Waals surface area contributed by atoms with Crippen LogP contribution in [0.5, 0.6) is 0 Å². The minimum atomic E-state index is -4.58. The van der Waals surface area contributed by atoms with E-state index in [-0.39, 0.29) is 30.6 Å². The molecule has 9 heteroatoms. The Morgan fingerprint density at radius 2 is 1.80 bits per heavy atom. The standard InChI is InChI=1S/C21H23F3N4O2/c22-21(23,24)16-7-3-1-5-14(16)20(30)28-11-9-13(10-12-28)25-19(29)18-15-6-2-4-8-17(15)26-27-18/h1,3,5,7,13H,2,4,6,8-12H2,(H,25,29)(H,26,27).